The van der Waals surface area contributed by atoms with Crippen molar-refractivity contribution in [2.75, 3.05) is 11.9 Å². The second-order valence-electron chi connectivity index (χ2n) is 7.22. The Morgan fingerprint density at radius 2 is 2.00 bits per heavy atom. The third-order valence-corrected chi connectivity index (χ3v) is 4.44. The minimum atomic E-state index is -0.646. The minimum absolute atomic E-state index is 0.241. The number of carbonyl (C=O) groups is 2. The van der Waals surface area contributed by atoms with Gasteiger partial charge in [-0.15, -0.1) is 0 Å². The molecule has 0 saturated carbocycles. The predicted octanol–water partition coefficient (Wildman–Crippen LogP) is 4.00. The van der Waals surface area contributed by atoms with E-state index in [2.05, 4.69) is 22.3 Å². The van der Waals surface area contributed by atoms with Crippen molar-refractivity contribution in [1.29, 1.82) is 0 Å². The topological polar surface area (TPSA) is 85.2 Å². The lowest BCUT2D eigenvalue weighted by Crippen LogP contribution is -2.43. The van der Waals surface area contributed by atoms with Crippen molar-refractivity contribution in [3.8, 4) is 0 Å². The Hall–Kier alpha value is -3.09. The fourth-order valence-electron chi connectivity index (χ4n) is 2.92. The van der Waals surface area contributed by atoms with Crippen LogP contribution in [-0.4, -0.2) is 28.4 Å². The van der Waals surface area contributed by atoms with Crippen LogP contribution in [-0.2, 0) is 17.3 Å². The van der Waals surface area contributed by atoms with Crippen LogP contribution in [0.1, 0.15) is 54.9 Å². The zero-order chi connectivity index (χ0) is 21.1. The van der Waals surface area contributed by atoms with Crippen LogP contribution in [0.4, 0.5) is 10.6 Å². The van der Waals surface area contributed by atoms with Gasteiger partial charge in [0.15, 0.2) is 0 Å². The number of benzene rings is 1. The molecule has 7 nitrogen and oxygen atoms in total. The molecule has 1 heterocycles. The minimum Gasteiger partial charge on any atom is -0.462 e. The summed E-state index contributed by atoms with van der Waals surface area (Å²) < 4.78 is 6.53. The van der Waals surface area contributed by atoms with Gasteiger partial charge in [0.05, 0.1) is 17.8 Å². The Labute approximate surface area is 165 Å². The summed E-state index contributed by atoms with van der Waals surface area (Å²) in [4.78, 5) is 24.9. The summed E-state index contributed by atoms with van der Waals surface area (Å²) in [6.45, 7) is 13.4. The van der Waals surface area contributed by atoms with Crippen LogP contribution in [0.3, 0.4) is 0 Å². The second kappa shape index (κ2) is 8.29. The first-order chi connectivity index (χ1) is 13.1. The molecule has 0 bridgehead atoms. The number of allylic oxidation sites excluding steroid dienone is 1. The fourth-order valence-corrected chi connectivity index (χ4v) is 2.92. The van der Waals surface area contributed by atoms with Crippen LogP contribution in [0.15, 0.2) is 30.8 Å². The molecule has 28 heavy (non-hydrogen) atoms. The van der Waals surface area contributed by atoms with E-state index in [1.54, 1.807) is 20.9 Å². The third-order valence-electron chi connectivity index (χ3n) is 4.44. The van der Waals surface area contributed by atoms with E-state index in [1.165, 1.54) is 4.68 Å². The first-order valence-corrected chi connectivity index (χ1v) is 9.13. The van der Waals surface area contributed by atoms with Crippen molar-refractivity contribution in [3.63, 3.8) is 0 Å². The Morgan fingerprint density at radius 1 is 1.32 bits per heavy atom. The summed E-state index contributed by atoms with van der Waals surface area (Å²) in [6, 6.07) is 7.42. The number of esters is 1. The van der Waals surface area contributed by atoms with Gasteiger partial charge in [-0.3, -0.25) is 10.00 Å². The molecule has 0 fully saturated rings. The molecule has 0 saturated heterocycles. The van der Waals surface area contributed by atoms with E-state index in [-0.39, 0.29) is 12.2 Å². The van der Waals surface area contributed by atoms with Gasteiger partial charge in [-0.25, -0.2) is 9.59 Å². The van der Waals surface area contributed by atoms with E-state index in [9.17, 15) is 9.59 Å². The highest BCUT2D eigenvalue weighted by atomic mass is 16.5. The Balaban J connectivity index is 2.23. The average Bonchev–Trinajstić information content (AvgIpc) is 2.88. The highest BCUT2D eigenvalue weighted by Gasteiger charge is 2.27. The number of hydrogen-bond acceptors (Lipinski definition) is 4. The third kappa shape index (κ3) is 4.60. The lowest BCUT2D eigenvalue weighted by atomic mass is 9.92. The van der Waals surface area contributed by atoms with Crippen molar-refractivity contribution in [2.45, 2.75) is 40.2 Å². The maximum absolute atomic E-state index is 12.7. The summed E-state index contributed by atoms with van der Waals surface area (Å²) in [6.07, 6.45) is 0. The molecule has 0 radical (unpaired) electrons. The largest absolute Gasteiger partial charge is 0.462 e. The monoisotopic (exact) mass is 384 g/mol. The van der Waals surface area contributed by atoms with E-state index in [0.717, 1.165) is 16.7 Å². The molecule has 1 aromatic heterocycles. The van der Waals surface area contributed by atoms with Gasteiger partial charge in [-0.2, -0.15) is 5.10 Å². The van der Waals surface area contributed by atoms with Gasteiger partial charge in [0.25, 0.3) is 0 Å². The second-order valence-corrected chi connectivity index (χ2v) is 7.22. The van der Waals surface area contributed by atoms with Gasteiger partial charge in [0.2, 0.25) is 0 Å². The number of aryl methyl sites for hydroxylation is 2. The van der Waals surface area contributed by atoms with Crippen molar-refractivity contribution in [3.05, 3.63) is 53.2 Å². The van der Waals surface area contributed by atoms with E-state index < -0.39 is 17.5 Å². The smallest absolute Gasteiger partial charge is 0.343 e. The summed E-state index contributed by atoms with van der Waals surface area (Å²) >= 11 is 0. The van der Waals surface area contributed by atoms with Crippen molar-refractivity contribution >= 4 is 23.4 Å². The molecule has 2 rings (SSSR count). The summed E-state index contributed by atoms with van der Waals surface area (Å²) in [5.74, 6) is -0.225. The molecule has 0 spiro atoms. The van der Waals surface area contributed by atoms with E-state index in [4.69, 9.17) is 4.74 Å². The number of rotatable bonds is 6. The first kappa shape index (κ1) is 21.2. The molecule has 2 aromatic rings. The van der Waals surface area contributed by atoms with Gasteiger partial charge < -0.3 is 10.1 Å². The Kier molecular flexibility index (Phi) is 6.28. The molecule has 150 valence electrons. The maximum atomic E-state index is 12.7. The summed E-state index contributed by atoms with van der Waals surface area (Å²) in [5.41, 5.74) is 3.00. The summed E-state index contributed by atoms with van der Waals surface area (Å²) in [5, 5.41) is 9.90. The normalized spacial score (nSPS) is 11.1. The molecule has 0 unspecified atom stereocenters. The van der Waals surface area contributed by atoms with E-state index in [1.807, 2.05) is 45.0 Å². The van der Waals surface area contributed by atoms with Crippen LogP contribution in [0.25, 0.3) is 5.57 Å². The van der Waals surface area contributed by atoms with Crippen LogP contribution in [0.5, 0.6) is 0 Å². The molecular formula is C21H28N4O3. The number of nitrogens with one attached hydrogen (secondary N) is 2. The van der Waals surface area contributed by atoms with Crippen LogP contribution in [0.2, 0.25) is 0 Å². The van der Waals surface area contributed by atoms with Crippen molar-refractivity contribution in [2.24, 2.45) is 7.05 Å². The summed E-state index contributed by atoms with van der Waals surface area (Å²) in [7, 11) is 1.66. The highest BCUT2D eigenvalue weighted by molar-refractivity contribution is 6.00. The lowest BCUT2D eigenvalue weighted by Gasteiger charge is -2.27. The molecule has 0 atom stereocenters. The number of urea groups is 1. The number of anilines is 1. The fraction of sp³-hybridized carbons (Fsp3) is 0.381. The molecule has 1 aromatic carbocycles. The standard InChI is InChI=1S/C21H28N4O3/c1-8-28-19(26)17-14(4)24-25(7)18(17)22-20(27)23-21(5,6)16-11-9-10-15(12-16)13(2)3/h9-12H,2,8H2,1,3-7H3,(H2,22,23,27). The average molecular weight is 384 g/mol. The number of aromatic nitrogens is 2. The number of hydrogen-bond donors (Lipinski definition) is 2. The SMILES string of the molecule is C=C(C)c1cccc(C(C)(C)NC(=O)Nc2c(C(=O)OCC)c(C)nn2C)c1. The van der Waals surface area contributed by atoms with Crippen molar-refractivity contribution < 1.29 is 14.3 Å². The Bertz CT molecular complexity index is 912. The molecule has 0 aliphatic heterocycles. The number of amides is 2. The quantitative estimate of drug-likeness (QED) is 0.737. The maximum Gasteiger partial charge on any atom is 0.343 e. The number of carbonyl (C=O) groups excluding carboxylic acids is 2. The number of nitrogens with zero attached hydrogens (tertiary/aromatic N) is 2. The van der Waals surface area contributed by atoms with E-state index >= 15 is 0 Å². The van der Waals surface area contributed by atoms with Crippen molar-refractivity contribution in [1.82, 2.24) is 15.1 Å². The van der Waals surface area contributed by atoms with Gasteiger partial charge >= 0.3 is 12.0 Å². The molecule has 2 amide bonds. The molecule has 7 heteroatoms. The predicted molar refractivity (Wildman–Crippen MR) is 110 cm³/mol. The van der Waals surface area contributed by atoms with Gasteiger partial charge in [0, 0.05) is 7.05 Å². The van der Waals surface area contributed by atoms with Crippen LogP contribution < -0.4 is 10.6 Å². The molecule has 0 aliphatic rings. The first-order valence-electron chi connectivity index (χ1n) is 9.13. The highest BCUT2D eigenvalue weighted by Crippen LogP contribution is 2.24. The van der Waals surface area contributed by atoms with Gasteiger partial charge in [-0.1, -0.05) is 30.4 Å². The zero-order valence-electron chi connectivity index (χ0n) is 17.3. The zero-order valence-corrected chi connectivity index (χ0v) is 17.3. The van der Waals surface area contributed by atoms with Crippen LogP contribution in [0, 0.1) is 6.92 Å². The van der Waals surface area contributed by atoms with E-state index in [0.29, 0.717) is 11.5 Å². The Morgan fingerprint density at radius 3 is 2.61 bits per heavy atom. The van der Waals surface area contributed by atoms with Gasteiger partial charge in [-0.05, 0) is 51.8 Å². The molecular weight excluding hydrogens is 356 g/mol. The van der Waals surface area contributed by atoms with Gasteiger partial charge in [0.1, 0.15) is 11.4 Å². The lowest BCUT2D eigenvalue weighted by molar-refractivity contribution is 0.0526. The number of ether oxygens (including phenoxy) is 1. The van der Waals surface area contributed by atoms with Crippen LogP contribution >= 0.6 is 0 Å². The molecule has 0 aliphatic carbocycles. The molecule has 2 N–H and O–H groups in total.